The minimum Gasteiger partial charge on any atom is -0.303 e. The second kappa shape index (κ2) is 8.28. The third-order valence-corrected chi connectivity index (χ3v) is 4.23. The highest BCUT2D eigenvalue weighted by Gasteiger charge is 2.11. The monoisotopic (exact) mass is 313 g/mol. The molecule has 0 aliphatic rings. The fourth-order valence-electron chi connectivity index (χ4n) is 2.87. The summed E-state index contributed by atoms with van der Waals surface area (Å²) in [7, 11) is 0. The SMILES string of the molecule is C/C(=C\CNC(c1ccccc1)c1ccccc1)c1ccccc1. The van der Waals surface area contributed by atoms with Crippen LogP contribution in [0.2, 0.25) is 0 Å². The van der Waals surface area contributed by atoms with Crippen molar-refractivity contribution in [2.24, 2.45) is 0 Å². The van der Waals surface area contributed by atoms with Gasteiger partial charge in [0.25, 0.3) is 0 Å². The number of allylic oxidation sites excluding steroid dienone is 1. The van der Waals surface area contributed by atoms with Crippen molar-refractivity contribution in [3.8, 4) is 0 Å². The molecule has 0 heterocycles. The van der Waals surface area contributed by atoms with Gasteiger partial charge in [-0.25, -0.2) is 0 Å². The highest BCUT2D eigenvalue weighted by atomic mass is 14.9. The first-order valence-corrected chi connectivity index (χ1v) is 8.40. The highest BCUT2D eigenvalue weighted by molar-refractivity contribution is 5.63. The zero-order valence-electron chi connectivity index (χ0n) is 14.0. The molecular formula is C23H23N. The normalized spacial score (nSPS) is 11.7. The molecule has 0 aliphatic heterocycles. The molecule has 0 fully saturated rings. The fraction of sp³-hybridized carbons (Fsp3) is 0.130. The Morgan fingerprint density at radius 3 is 1.71 bits per heavy atom. The standard InChI is InChI=1S/C23H23N/c1-19(20-11-5-2-6-12-20)17-18-24-23(21-13-7-3-8-14-21)22-15-9-4-10-16-22/h2-17,23-24H,18H2,1H3/b19-17+. The predicted octanol–water partition coefficient (Wildman–Crippen LogP) is 5.47. The third-order valence-electron chi connectivity index (χ3n) is 4.23. The summed E-state index contributed by atoms with van der Waals surface area (Å²) in [5, 5.41) is 3.68. The maximum Gasteiger partial charge on any atom is 0.0579 e. The Morgan fingerprint density at radius 1 is 0.750 bits per heavy atom. The zero-order valence-corrected chi connectivity index (χ0v) is 14.0. The lowest BCUT2D eigenvalue weighted by Crippen LogP contribution is -2.22. The first kappa shape index (κ1) is 16.2. The summed E-state index contributed by atoms with van der Waals surface area (Å²) in [5.41, 5.74) is 5.14. The van der Waals surface area contributed by atoms with Crippen LogP contribution in [0.1, 0.15) is 29.7 Å². The fourth-order valence-corrected chi connectivity index (χ4v) is 2.87. The van der Waals surface area contributed by atoms with E-state index in [1.165, 1.54) is 22.3 Å². The van der Waals surface area contributed by atoms with Crippen molar-refractivity contribution >= 4 is 5.57 Å². The summed E-state index contributed by atoms with van der Waals surface area (Å²) in [4.78, 5) is 0. The lowest BCUT2D eigenvalue weighted by molar-refractivity contribution is 0.653. The molecule has 0 amide bonds. The number of rotatable bonds is 6. The third kappa shape index (κ3) is 4.21. The maximum atomic E-state index is 3.68. The molecule has 0 spiro atoms. The van der Waals surface area contributed by atoms with Crippen LogP contribution < -0.4 is 5.32 Å². The molecule has 3 aromatic carbocycles. The summed E-state index contributed by atoms with van der Waals surface area (Å²) in [6, 6.07) is 31.9. The van der Waals surface area contributed by atoms with Gasteiger partial charge in [-0.3, -0.25) is 0 Å². The Morgan fingerprint density at radius 2 is 1.21 bits per heavy atom. The van der Waals surface area contributed by atoms with Gasteiger partial charge in [0.2, 0.25) is 0 Å². The van der Waals surface area contributed by atoms with Crippen LogP contribution in [0.5, 0.6) is 0 Å². The van der Waals surface area contributed by atoms with E-state index in [4.69, 9.17) is 0 Å². The Kier molecular flexibility index (Phi) is 5.60. The molecule has 3 rings (SSSR count). The second-order valence-electron chi connectivity index (χ2n) is 5.92. The van der Waals surface area contributed by atoms with Gasteiger partial charge in [0.15, 0.2) is 0 Å². The quantitative estimate of drug-likeness (QED) is 0.636. The average molecular weight is 313 g/mol. The Hall–Kier alpha value is -2.64. The van der Waals surface area contributed by atoms with E-state index >= 15 is 0 Å². The van der Waals surface area contributed by atoms with Crippen LogP contribution in [-0.2, 0) is 0 Å². The van der Waals surface area contributed by atoms with Crippen molar-refractivity contribution in [1.29, 1.82) is 0 Å². The Balaban J connectivity index is 1.76. The molecule has 0 aliphatic carbocycles. The molecule has 0 atom stereocenters. The molecule has 1 nitrogen and oxygen atoms in total. The van der Waals surface area contributed by atoms with Gasteiger partial charge >= 0.3 is 0 Å². The zero-order chi connectivity index (χ0) is 16.6. The van der Waals surface area contributed by atoms with E-state index < -0.39 is 0 Å². The van der Waals surface area contributed by atoms with Crippen molar-refractivity contribution in [2.45, 2.75) is 13.0 Å². The van der Waals surface area contributed by atoms with Gasteiger partial charge in [-0.05, 0) is 29.2 Å². The Labute approximate surface area is 144 Å². The van der Waals surface area contributed by atoms with Gasteiger partial charge in [0.05, 0.1) is 6.04 Å². The van der Waals surface area contributed by atoms with Crippen LogP contribution in [-0.4, -0.2) is 6.54 Å². The van der Waals surface area contributed by atoms with Crippen molar-refractivity contribution < 1.29 is 0 Å². The van der Waals surface area contributed by atoms with Gasteiger partial charge in [0.1, 0.15) is 0 Å². The highest BCUT2D eigenvalue weighted by Crippen LogP contribution is 2.21. The summed E-state index contributed by atoms with van der Waals surface area (Å²) < 4.78 is 0. The van der Waals surface area contributed by atoms with Crippen molar-refractivity contribution in [3.05, 3.63) is 114 Å². The molecule has 3 aromatic rings. The molecule has 0 saturated carbocycles. The minimum atomic E-state index is 0.201. The summed E-state index contributed by atoms with van der Waals surface area (Å²) >= 11 is 0. The molecule has 0 unspecified atom stereocenters. The van der Waals surface area contributed by atoms with Gasteiger partial charge in [-0.1, -0.05) is 97.1 Å². The van der Waals surface area contributed by atoms with Crippen molar-refractivity contribution in [1.82, 2.24) is 5.32 Å². The van der Waals surface area contributed by atoms with E-state index in [-0.39, 0.29) is 6.04 Å². The van der Waals surface area contributed by atoms with E-state index in [1.807, 2.05) is 0 Å². The molecule has 0 saturated heterocycles. The van der Waals surface area contributed by atoms with Crippen LogP contribution >= 0.6 is 0 Å². The first-order valence-electron chi connectivity index (χ1n) is 8.40. The number of hydrogen-bond acceptors (Lipinski definition) is 1. The second-order valence-corrected chi connectivity index (χ2v) is 5.92. The molecule has 1 heteroatoms. The molecule has 0 aromatic heterocycles. The summed E-state index contributed by atoms with van der Waals surface area (Å²) in [6.45, 7) is 2.99. The molecule has 1 N–H and O–H groups in total. The van der Waals surface area contributed by atoms with Gasteiger partial charge in [-0.2, -0.15) is 0 Å². The number of hydrogen-bond donors (Lipinski definition) is 1. The van der Waals surface area contributed by atoms with Crippen LogP contribution in [0, 0.1) is 0 Å². The number of benzene rings is 3. The van der Waals surface area contributed by atoms with E-state index in [9.17, 15) is 0 Å². The van der Waals surface area contributed by atoms with E-state index in [0.29, 0.717) is 0 Å². The van der Waals surface area contributed by atoms with Crippen LogP contribution in [0.25, 0.3) is 5.57 Å². The summed E-state index contributed by atoms with van der Waals surface area (Å²) in [6.07, 6.45) is 2.26. The molecular weight excluding hydrogens is 290 g/mol. The molecule has 0 bridgehead atoms. The van der Waals surface area contributed by atoms with Crippen molar-refractivity contribution in [2.75, 3.05) is 6.54 Å². The van der Waals surface area contributed by atoms with Gasteiger partial charge in [-0.15, -0.1) is 0 Å². The van der Waals surface area contributed by atoms with Crippen LogP contribution in [0.3, 0.4) is 0 Å². The van der Waals surface area contributed by atoms with E-state index in [2.05, 4.69) is 109 Å². The average Bonchev–Trinajstić information content (AvgIpc) is 2.67. The van der Waals surface area contributed by atoms with Gasteiger partial charge in [0, 0.05) is 6.54 Å². The summed E-state index contributed by atoms with van der Waals surface area (Å²) in [5.74, 6) is 0. The Bertz CT molecular complexity index is 721. The van der Waals surface area contributed by atoms with Crippen molar-refractivity contribution in [3.63, 3.8) is 0 Å². The van der Waals surface area contributed by atoms with Crippen LogP contribution in [0.15, 0.2) is 97.1 Å². The van der Waals surface area contributed by atoms with Gasteiger partial charge < -0.3 is 5.32 Å². The first-order chi connectivity index (χ1) is 11.8. The lowest BCUT2D eigenvalue weighted by atomic mass is 9.98. The smallest absolute Gasteiger partial charge is 0.0579 e. The molecule has 24 heavy (non-hydrogen) atoms. The number of nitrogens with one attached hydrogen (secondary N) is 1. The predicted molar refractivity (Wildman–Crippen MR) is 103 cm³/mol. The maximum absolute atomic E-state index is 3.68. The molecule has 0 radical (unpaired) electrons. The van der Waals surface area contributed by atoms with E-state index in [1.54, 1.807) is 0 Å². The lowest BCUT2D eigenvalue weighted by Gasteiger charge is -2.19. The van der Waals surface area contributed by atoms with E-state index in [0.717, 1.165) is 6.54 Å². The largest absolute Gasteiger partial charge is 0.303 e. The van der Waals surface area contributed by atoms with Crippen LogP contribution in [0.4, 0.5) is 0 Å². The minimum absolute atomic E-state index is 0.201. The topological polar surface area (TPSA) is 12.0 Å². The molecule has 120 valence electrons.